The van der Waals surface area contributed by atoms with Crippen LogP contribution < -0.4 is 4.90 Å². The van der Waals surface area contributed by atoms with Crippen LogP contribution in [-0.4, -0.2) is 42.0 Å². The van der Waals surface area contributed by atoms with Gasteiger partial charge in [0, 0.05) is 39.3 Å². The van der Waals surface area contributed by atoms with E-state index in [2.05, 4.69) is 36.7 Å². The average molecular weight is 261 g/mol. The zero-order valence-corrected chi connectivity index (χ0v) is 12.3. The van der Waals surface area contributed by atoms with E-state index in [9.17, 15) is 4.79 Å². The molecule has 0 bridgehead atoms. The van der Waals surface area contributed by atoms with Crippen LogP contribution in [0.2, 0.25) is 0 Å². The molecule has 2 heterocycles. The third-order valence-corrected chi connectivity index (χ3v) is 3.81. The molecule has 4 heteroatoms. The van der Waals surface area contributed by atoms with Crippen molar-refractivity contribution in [3.8, 4) is 0 Å². The highest BCUT2D eigenvalue weighted by atomic mass is 16.2. The first-order valence-electron chi connectivity index (χ1n) is 6.96. The lowest BCUT2D eigenvalue weighted by Gasteiger charge is -2.35. The van der Waals surface area contributed by atoms with E-state index in [-0.39, 0.29) is 5.91 Å². The normalized spacial score (nSPS) is 16.1. The smallest absolute Gasteiger partial charge is 0.219 e. The zero-order chi connectivity index (χ0) is 14.0. The van der Waals surface area contributed by atoms with E-state index in [4.69, 9.17) is 0 Å². The van der Waals surface area contributed by atoms with Crippen molar-refractivity contribution in [2.24, 2.45) is 0 Å². The Morgan fingerprint density at radius 3 is 2.37 bits per heavy atom. The van der Waals surface area contributed by atoms with Gasteiger partial charge >= 0.3 is 0 Å². The Morgan fingerprint density at radius 1 is 1.26 bits per heavy atom. The van der Waals surface area contributed by atoms with Crippen molar-refractivity contribution in [1.29, 1.82) is 0 Å². The fraction of sp³-hybridized carbons (Fsp3) is 0.600. The van der Waals surface area contributed by atoms with Gasteiger partial charge in [-0.25, -0.2) is 4.98 Å². The molecule has 1 amide bonds. The number of amides is 1. The van der Waals surface area contributed by atoms with Gasteiger partial charge in [0.1, 0.15) is 5.82 Å². The SMILES string of the molecule is CC(=O)N1CCN(c2cc(C)c(C(C)C)cn2)CC1. The summed E-state index contributed by atoms with van der Waals surface area (Å²) in [6.07, 6.45) is 1.99. The summed E-state index contributed by atoms with van der Waals surface area (Å²) in [6, 6.07) is 2.17. The number of aryl methyl sites for hydroxylation is 1. The minimum absolute atomic E-state index is 0.166. The Bertz CT molecular complexity index is 462. The van der Waals surface area contributed by atoms with E-state index in [1.807, 2.05) is 11.1 Å². The van der Waals surface area contributed by atoms with Gasteiger partial charge < -0.3 is 9.80 Å². The van der Waals surface area contributed by atoms with Gasteiger partial charge in [0.15, 0.2) is 0 Å². The molecule has 0 aliphatic carbocycles. The fourth-order valence-electron chi connectivity index (χ4n) is 2.58. The number of carbonyl (C=O) groups is 1. The predicted octanol–water partition coefficient (Wildman–Crippen LogP) is 2.18. The summed E-state index contributed by atoms with van der Waals surface area (Å²) < 4.78 is 0. The van der Waals surface area contributed by atoms with Gasteiger partial charge in [0.2, 0.25) is 5.91 Å². The largest absolute Gasteiger partial charge is 0.353 e. The summed E-state index contributed by atoms with van der Waals surface area (Å²) in [5.74, 6) is 1.71. The Labute approximate surface area is 115 Å². The second-order valence-corrected chi connectivity index (χ2v) is 5.55. The quantitative estimate of drug-likeness (QED) is 0.818. The molecule has 4 nitrogen and oxygen atoms in total. The number of nitrogens with zero attached hydrogens (tertiary/aromatic N) is 3. The van der Waals surface area contributed by atoms with Gasteiger partial charge in [-0.3, -0.25) is 4.79 Å². The summed E-state index contributed by atoms with van der Waals surface area (Å²) in [6.45, 7) is 11.5. The zero-order valence-electron chi connectivity index (χ0n) is 12.3. The van der Waals surface area contributed by atoms with E-state index in [0.29, 0.717) is 5.92 Å². The Hall–Kier alpha value is -1.58. The van der Waals surface area contributed by atoms with Crippen molar-refractivity contribution in [1.82, 2.24) is 9.88 Å². The minimum atomic E-state index is 0.166. The van der Waals surface area contributed by atoms with Gasteiger partial charge in [0.25, 0.3) is 0 Å². The molecule has 0 radical (unpaired) electrons. The van der Waals surface area contributed by atoms with Gasteiger partial charge in [-0.15, -0.1) is 0 Å². The molecule has 1 aliphatic rings. The molecule has 0 aromatic carbocycles. The van der Waals surface area contributed by atoms with Gasteiger partial charge in [-0.05, 0) is 30.0 Å². The number of rotatable bonds is 2. The van der Waals surface area contributed by atoms with Crippen LogP contribution in [0, 0.1) is 6.92 Å². The number of pyridine rings is 1. The number of aromatic nitrogens is 1. The molecule has 1 aliphatic heterocycles. The summed E-state index contributed by atoms with van der Waals surface area (Å²) in [5.41, 5.74) is 2.61. The monoisotopic (exact) mass is 261 g/mol. The molecule has 0 spiro atoms. The molecule has 1 fully saturated rings. The summed E-state index contributed by atoms with van der Waals surface area (Å²) in [5, 5.41) is 0. The van der Waals surface area contributed by atoms with Crippen molar-refractivity contribution in [2.45, 2.75) is 33.6 Å². The van der Waals surface area contributed by atoms with Crippen LogP contribution in [-0.2, 0) is 4.79 Å². The van der Waals surface area contributed by atoms with E-state index in [1.165, 1.54) is 11.1 Å². The first kappa shape index (κ1) is 13.8. The predicted molar refractivity (Wildman–Crippen MR) is 77.5 cm³/mol. The first-order valence-corrected chi connectivity index (χ1v) is 6.96. The molecule has 0 saturated carbocycles. The van der Waals surface area contributed by atoms with Crippen molar-refractivity contribution < 1.29 is 4.79 Å². The van der Waals surface area contributed by atoms with Crippen LogP contribution in [0.3, 0.4) is 0 Å². The van der Waals surface area contributed by atoms with E-state index < -0.39 is 0 Å². The lowest BCUT2D eigenvalue weighted by molar-refractivity contribution is -0.129. The fourth-order valence-corrected chi connectivity index (χ4v) is 2.58. The molecule has 104 valence electrons. The molecule has 1 saturated heterocycles. The van der Waals surface area contributed by atoms with Crippen molar-refractivity contribution in [2.75, 3.05) is 31.1 Å². The molecule has 2 rings (SSSR count). The number of carbonyl (C=O) groups excluding carboxylic acids is 1. The standard InChI is InChI=1S/C15H23N3O/c1-11(2)14-10-16-15(9-12(14)3)18-7-5-17(6-8-18)13(4)19/h9-11H,5-8H2,1-4H3. The molecule has 1 aromatic heterocycles. The minimum Gasteiger partial charge on any atom is -0.353 e. The lowest BCUT2D eigenvalue weighted by atomic mass is 10.0. The van der Waals surface area contributed by atoms with Gasteiger partial charge in [0.05, 0.1) is 0 Å². The highest BCUT2D eigenvalue weighted by molar-refractivity contribution is 5.73. The molecule has 0 unspecified atom stereocenters. The van der Waals surface area contributed by atoms with Gasteiger partial charge in [-0.2, -0.15) is 0 Å². The van der Waals surface area contributed by atoms with E-state index in [0.717, 1.165) is 32.0 Å². The maximum absolute atomic E-state index is 11.3. The van der Waals surface area contributed by atoms with Crippen LogP contribution in [0.4, 0.5) is 5.82 Å². The maximum atomic E-state index is 11.3. The average Bonchev–Trinajstić information content (AvgIpc) is 2.38. The third kappa shape index (κ3) is 3.06. The first-order chi connectivity index (χ1) is 8.99. The van der Waals surface area contributed by atoms with Crippen LogP contribution in [0.1, 0.15) is 37.8 Å². The number of hydrogen-bond donors (Lipinski definition) is 0. The summed E-state index contributed by atoms with van der Waals surface area (Å²) in [7, 11) is 0. The maximum Gasteiger partial charge on any atom is 0.219 e. The van der Waals surface area contributed by atoms with E-state index in [1.54, 1.807) is 6.92 Å². The Morgan fingerprint density at radius 2 is 1.89 bits per heavy atom. The third-order valence-electron chi connectivity index (χ3n) is 3.81. The summed E-state index contributed by atoms with van der Waals surface area (Å²) >= 11 is 0. The van der Waals surface area contributed by atoms with E-state index >= 15 is 0 Å². The van der Waals surface area contributed by atoms with Crippen molar-refractivity contribution >= 4 is 11.7 Å². The van der Waals surface area contributed by atoms with Gasteiger partial charge in [-0.1, -0.05) is 13.8 Å². The molecule has 1 aromatic rings. The van der Waals surface area contributed by atoms with Crippen LogP contribution >= 0.6 is 0 Å². The van der Waals surface area contributed by atoms with Crippen LogP contribution in [0.25, 0.3) is 0 Å². The molecule has 0 atom stereocenters. The second-order valence-electron chi connectivity index (χ2n) is 5.55. The second kappa shape index (κ2) is 5.59. The van der Waals surface area contributed by atoms with Crippen molar-refractivity contribution in [3.63, 3.8) is 0 Å². The number of anilines is 1. The van der Waals surface area contributed by atoms with Crippen LogP contribution in [0.15, 0.2) is 12.3 Å². The molecule has 19 heavy (non-hydrogen) atoms. The molecular formula is C15H23N3O. The molecular weight excluding hydrogens is 238 g/mol. The number of piperazine rings is 1. The van der Waals surface area contributed by atoms with Crippen LogP contribution in [0.5, 0.6) is 0 Å². The highest BCUT2D eigenvalue weighted by Crippen LogP contribution is 2.22. The Kier molecular flexibility index (Phi) is 4.08. The van der Waals surface area contributed by atoms with Crippen molar-refractivity contribution in [3.05, 3.63) is 23.4 Å². The summed E-state index contributed by atoms with van der Waals surface area (Å²) in [4.78, 5) is 20.0. The highest BCUT2D eigenvalue weighted by Gasteiger charge is 2.20. The topological polar surface area (TPSA) is 36.4 Å². The molecule has 0 N–H and O–H groups in total. The lowest BCUT2D eigenvalue weighted by Crippen LogP contribution is -2.48. The Balaban J connectivity index is 2.08. The number of hydrogen-bond acceptors (Lipinski definition) is 3.